The Morgan fingerprint density at radius 2 is 1.65 bits per heavy atom. The Morgan fingerprint density at radius 3 is 2.23 bits per heavy atom. The number of esters is 1. The summed E-state index contributed by atoms with van der Waals surface area (Å²) in [6.07, 6.45) is -1.08. The fourth-order valence-electron chi connectivity index (χ4n) is 2.40. The highest BCUT2D eigenvalue weighted by atomic mass is 79.9. The van der Waals surface area contributed by atoms with Crippen LogP contribution in [0.2, 0.25) is 0 Å². The van der Waals surface area contributed by atoms with Crippen LogP contribution in [-0.4, -0.2) is 18.9 Å². The maximum Gasteiger partial charge on any atom is 0.375 e. The highest BCUT2D eigenvalue weighted by Crippen LogP contribution is 2.26. The second-order valence-corrected chi connectivity index (χ2v) is 6.17. The summed E-state index contributed by atoms with van der Waals surface area (Å²) < 4.78 is 16.2. The quantitative estimate of drug-likeness (QED) is 0.426. The lowest BCUT2D eigenvalue weighted by Crippen LogP contribution is -2.20. The van der Waals surface area contributed by atoms with Gasteiger partial charge in [0.2, 0.25) is 11.5 Å². The fraction of sp³-hybridized carbons (Fsp3) is 0.100. The molecule has 2 aromatic carbocycles. The molecule has 0 saturated carbocycles. The number of carbonyl (C=O) groups excluding carboxylic acids is 2. The van der Waals surface area contributed by atoms with Gasteiger partial charge in [0.25, 0.3) is 0 Å². The van der Waals surface area contributed by atoms with E-state index in [-0.39, 0.29) is 11.5 Å². The van der Waals surface area contributed by atoms with Gasteiger partial charge in [0, 0.05) is 11.1 Å². The Kier molecular flexibility index (Phi) is 5.53. The van der Waals surface area contributed by atoms with Crippen LogP contribution in [0.25, 0.3) is 0 Å². The van der Waals surface area contributed by atoms with Gasteiger partial charge in [0.05, 0.1) is 7.11 Å². The lowest BCUT2D eigenvalue weighted by Gasteiger charge is -2.17. The van der Waals surface area contributed by atoms with E-state index >= 15 is 0 Å². The topological polar surface area (TPSA) is 65.7 Å². The zero-order valence-electron chi connectivity index (χ0n) is 13.8. The van der Waals surface area contributed by atoms with Crippen molar-refractivity contribution >= 4 is 27.7 Å². The van der Waals surface area contributed by atoms with E-state index in [0.29, 0.717) is 21.5 Å². The molecule has 0 amide bonds. The molecule has 1 aromatic heterocycles. The SMILES string of the molecule is COc1ccc(C(=O)C(OC(=O)c2ccc(Br)o2)c2ccccc2)cc1. The van der Waals surface area contributed by atoms with E-state index < -0.39 is 12.1 Å². The zero-order chi connectivity index (χ0) is 18.5. The van der Waals surface area contributed by atoms with Gasteiger partial charge in [-0.2, -0.15) is 0 Å². The average molecular weight is 415 g/mol. The van der Waals surface area contributed by atoms with Gasteiger partial charge in [0.15, 0.2) is 10.8 Å². The third kappa shape index (κ3) is 4.03. The van der Waals surface area contributed by atoms with E-state index in [1.54, 1.807) is 61.7 Å². The number of halogens is 1. The number of benzene rings is 2. The van der Waals surface area contributed by atoms with Crippen LogP contribution in [0.15, 0.2) is 75.8 Å². The highest BCUT2D eigenvalue weighted by molar-refractivity contribution is 9.10. The number of Topliss-reactive ketones (excluding diaryl/α,β-unsaturated/α-hetero) is 1. The van der Waals surface area contributed by atoms with E-state index in [1.165, 1.54) is 6.07 Å². The lowest BCUT2D eigenvalue weighted by atomic mass is 9.99. The van der Waals surface area contributed by atoms with Crippen molar-refractivity contribution in [3.63, 3.8) is 0 Å². The molecular weight excluding hydrogens is 400 g/mol. The Hall–Kier alpha value is -2.86. The maximum atomic E-state index is 13.0. The van der Waals surface area contributed by atoms with Crippen molar-refractivity contribution in [2.24, 2.45) is 0 Å². The Labute approximate surface area is 158 Å². The van der Waals surface area contributed by atoms with Crippen LogP contribution in [-0.2, 0) is 4.74 Å². The molecule has 0 saturated heterocycles. The van der Waals surface area contributed by atoms with Gasteiger partial charge in [-0.05, 0) is 52.3 Å². The Morgan fingerprint density at radius 1 is 0.962 bits per heavy atom. The number of methoxy groups -OCH3 is 1. The summed E-state index contributed by atoms with van der Waals surface area (Å²) >= 11 is 3.14. The molecule has 3 rings (SSSR count). The van der Waals surface area contributed by atoms with E-state index in [1.807, 2.05) is 6.07 Å². The molecule has 0 aliphatic rings. The normalized spacial score (nSPS) is 11.6. The number of carbonyl (C=O) groups is 2. The summed E-state index contributed by atoms with van der Waals surface area (Å²) in [5.41, 5.74) is 0.986. The summed E-state index contributed by atoms with van der Waals surface area (Å²) in [5, 5.41) is 0. The molecule has 0 fully saturated rings. The van der Waals surface area contributed by atoms with Gasteiger partial charge in [-0.3, -0.25) is 4.79 Å². The molecule has 0 bridgehead atoms. The number of ether oxygens (including phenoxy) is 2. The molecule has 0 aliphatic carbocycles. The summed E-state index contributed by atoms with van der Waals surface area (Å²) in [7, 11) is 1.55. The number of furan rings is 1. The molecule has 3 aromatic rings. The second-order valence-electron chi connectivity index (χ2n) is 5.39. The first-order valence-corrected chi connectivity index (χ1v) is 8.57. The number of hydrogen-bond acceptors (Lipinski definition) is 5. The van der Waals surface area contributed by atoms with Crippen molar-refractivity contribution < 1.29 is 23.5 Å². The van der Waals surface area contributed by atoms with Crippen molar-refractivity contribution in [1.82, 2.24) is 0 Å². The molecule has 0 aliphatic heterocycles. The van der Waals surface area contributed by atoms with Crippen LogP contribution in [0.1, 0.15) is 32.6 Å². The number of hydrogen-bond donors (Lipinski definition) is 0. The lowest BCUT2D eigenvalue weighted by molar-refractivity contribution is 0.0249. The van der Waals surface area contributed by atoms with Crippen molar-refractivity contribution in [3.8, 4) is 5.75 Å². The third-order valence-corrected chi connectivity index (χ3v) is 4.14. The monoisotopic (exact) mass is 414 g/mol. The minimum atomic E-state index is -1.08. The van der Waals surface area contributed by atoms with E-state index in [0.717, 1.165) is 0 Å². The molecular formula is C20H15BrO5. The molecule has 6 heteroatoms. The number of ketones is 1. The van der Waals surface area contributed by atoms with Gasteiger partial charge < -0.3 is 13.9 Å². The molecule has 132 valence electrons. The predicted octanol–water partition coefficient (Wildman–Crippen LogP) is 4.83. The molecule has 1 atom stereocenters. The van der Waals surface area contributed by atoms with Crippen LogP contribution in [0.4, 0.5) is 0 Å². The molecule has 5 nitrogen and oxygen atoms in total. The summed E-state index contributed by atoms with van der Waals surface area (Å²) in [6, 6.07) is 18.5. The van der Waals surface area contributed by atoms with Crippen LogP contribution in [0.3, 0.4) is 0 Å². The first-order valence-electron chi connectivity index (χ1n) is 7.78. The third-order valence-electron chi connectivity index (χ3n) is 3.71. The predicted molar refractivity (Wildman–Crippen MR) is 98.3 cm³/mol. The second kappa shape index (κ2) is 8.01. The minimum Gasteiger partial charge on any atom is -0.497 e. The zero-order valence-corrected chi connectivity index (χ0v) is 15.4. The first-order chi connectivity index (χ1) is 12.6. The first kappa shape index (κ1) is 17.9. The molecule has 0 N–H and O–H groups in total. The van der Waals surface area contributed by atoms with E-state index in [9.17, 15) is 9.59 Å². The summed E-state index contributed by atoms with van der Waals surface area (Å²) in [4.78, 5) is 25.3. The minimum absolute atomic E-state index is 0.0142. The van der Waals surface area contributed by atoms with Gasteiger partial charge in [-0.25, -0.2) is 4.79 Å². The van der Waals surface area contributed by atoms with Crippen molar-refractivity contribution in [1.29, 1.82) is 0 Å². The highest BCUT2D eigenvalue weighted by Gasteiger charge is 2.28. The Bertz CT molecular complexity index is 899. The average Bonchev–Trinajstić information content (AvgIpc) is 3.12. The summed E-state index contributed by atoms with van der Waals surface area (Å²) in [5.74, 6) is -0.403. The van der Waals surface area contributed by atoms with Gasteiger partial charge >= 0.3 is 5.97 Å². The molecule has 1 unspecified atom stereocenters. The van der Waals surface area contributed by atoms with Crippen molar-refractivity contribution in [2.75, 3.05) is 7.11 Å². The molecule has 1 heterocycles. The molecule has 0 radical (unpaired) electrons. The standard InChI is InChI=1S/C20H15BrO5/c1-24-15-9-7-13(8-10-15)18(22)19(14-5-3-2-4-6-14)26-20(23)16-11-12-17(21)25-16/h2-12,19H,1H3. The van der Waals surface area contributed by atoms with E-state index in [4.69, 9.17) is 13.9 Å². The summed E-state index contributed by atoms with van der Waals surface area (Å²) in [6.45, 7) is 0. The van der Waals surface area contributed by atoms with Gasteiger partial charge in [-0.15, -0.1) is 0 Å². The molecule has 0 spiro atoms. The van der Waals surface area contributed by atoms with Crippen LogP contribution in [0, 0.1) is 0 Å². The smallest absolute Gasteiger partial charge is 0.375 e. The van der Waals surface area contributed by atoms with Crippen LogP contribution in [0.5, 0.6) is 5.75 Å². The number of rotatable bonds is 6. The van der Waals surface area contributed by atoms with Crippen molar-refractivity contribution in [3.05, 3.63) is 88.3 Å². The maximum absolute atomic E-state index is 13.0. The fourth-order valence-corrected chi connectivity index (χ4v) is 2.70. The molecule has 26 heavy (non-hydrogen) atoms. The van der Waals surface area contributed by atoms with Gasteiger partial charge in [-0.1, -0.05) is 30.3 Å². The van der Waals surface area contributed by atoms with Crippen LogP contribution >= 0.6 is 15.9 Å². The van der Waals surface area contributed by atoms with Crippen LogP contribution < -0.4 is 4.74 Å². The van der Waals surface area contributed by atoms with Gasteiger partial charge in [0.1, 0.15) is 5.75 Å². The van der Waals surface area contributed by atoms with Crippen molar-refractivity contribution in [2.45, 2.75) is 6.10 Å². The van der Waals surface area contributed by atoms with E-state index in [2.05, 4.69) is 15.9 Å². The Balaban J connectivity index is 1.90. The largest absolute Gasteiger partial charge is 0.497 e.